The molecule has 0 radical (unpaired) electrons. The molecule has 2 nitrogen and oxygen atoms in total. The molecule has 1 fully saturated rings. The smallest absolute Gasteiger partial charge is 0.306 e. The van der Waals surface area contributed by atoms with Crippen molar-refractivity contribution >= 4 is 5.97 Å². The van der Waals surface area contributed by atoms with Gasteiger partial charge in [-0.2, -0.15) is 0 Å². The Bertz CT molecular complexity index is 352. The Kier molecular flexibility index (Phi) is 3.09. The van der Waals surface area contributed by atoms with Crippen molar-refractivity contribution in [1.82, 2.24) is 0 Å². The summed E-state index contributed by atoms with van der Waals surface area (Å²) >= 11 is 0. The lowest BCUT2D eigenvalue weighted by atomic mass is 9.47. The van der Waals surface area contributed by atoms with Crippen LogP contribution in [0, 0.1) is 23.2 Å². The van der Waals surface area contributed by atoms with E-state index in [0.717, 1.165) is 6.42 Å². The quantitative estimate of drug-likeness (QED) is 0.553. The summed E-state index contributed by atoms with van der Waals surface area (Å²) in [7, 11) is 0. The van der Waals surface area contributed by atoms with Gasteiger partial charge in [-0.3, -0.25) is 4.79 Å². The number of fused-ring (bicyclic) bond motifs is 1. The highest BCUT2D eigenvalue weighted by molar-refractivity contribution is 5.70. The van der Waals surface area contributed by atoms with Gasteiger partial charge in [0.05, 0.1) is 0 Å². The molecule has 1 saturated carbocycles. The molecule has 0 spiro atoms. The minimum Gasteiger partial charge on any atom is -0.461 e. The third-order valence-corrected chi connectivity index (χ3v) is 4.51. The average Bonchev–Trinajstić information content (AvgIpc) is 2.14. The van der Waals surface area contributed by atoms with Crippen LogP contribution in [0.4, 0.5) is 0 Å². The number of carbonyl (C=O) groups is 1. The monoisotopic (exact) mass is 236 g/mol. The first-order valence-corrected chi connectivity index (χ1v) is 6.70. The van der Waals surface area contributed by atoms with E-state index in [9.17, 15) is 4.79 Å². The fourth-order valence-corrected chi connectivity index (χ4v) is 3.60. The lowest BCUT2D eigenvalue weighted by Gasteiger charge is -2.60. The molecule has 0 aromatic carbocycles. The number of hydrogen-bond donors (Lipinski definition) is 0. The zero-order valence-electron chi connectivity index (χ0n) is 11.6. The van der Waals surface area contributed by atoms with Gasteiger partial charge < -0.3 is 4.74 Å². The van der Waals surface area contributed by atoms with Gasteiger partial charge in [-0.15, -0.1) is 0 Å². The van der Waals surface area contributed by atoms with Gasteiger partial charge in [-0.1, -0.05) is 39.3 Å². The van der Waals surface area contributed by atoms with Crippen LogP contribution in [0.25, 0.3) is 0 Å². The molecule has 0 aromatic heterocycles. The van der Waals surface area contributed by atoms with Gasteiger partial charge in [0.15, 0.2) is 0 Å². The van der Waals surface area contributed by atoms with Gasteiger partial charge in [0.25, 0.3) is 0 Å². The third kappa shape index (κ3) is 2.02. The molecule has 2 heteroatoms. The van der Waals surface area contributed by atoms with E-state index in [0.29, 0.717) is 29.6 Å². The van der Waals surface area contributed by atoms with Crippen molar-refractivity contribution in [2.24, 2.45) is 23.2 Å². The van der Waals surface area contributed by atoms with Crippen LogP contribution in [-0.4, -0.2) is 12.1 Å². The van der Waals surface area contributed by atoms with Crippen molar-refractivity contribution in [2.45, 2.75) is 53.6 Å². The maximum atomic E-state index is 11.8. The third-order valence-electron chi connectivity index (χ3n) is 4.51. The summed E-state index contributed by atoms with van der Waals surface area (Å²) in [6.45, 7) is 10.9. The SMILES string of the molecule is CC1=CC[C@@H]2C(OC(=O)CC(C)C)[C@@H]1C2(C)C. The van der Waals surface area contributed by atoms with Gasteiger partial charge in [-0.05, 0) is 24.7 Å². The zero-order valence-corrected chi connectivity index (χ0v) is 11.6. The Morgan fingerprint density at radius 1 is 1.53 bits per heavy atom. The van der Waals surface area contributed by atoms with Gasteiger partial charge in [0.1, 0.15) is 6.10 Å². The maximum Gasteiger partial charge on any atom is 0.306 e. The van der Waals surface area contributed by atoms with Gasteiger partial charge >= 0.3 is 5.97 Å². The predicted molar refractivity (Wildman–Crippen MR) is 68.5 cm³/mol. The molecule has 3 aliphatic rings. The molecule has 96 valence electrons. The van der Waals surface area contributed by atoms with Crippen LogP contribution in [0.2, 0.25) is 0 Å². The van der Waals surface area contributed by atoms with Gasteiger partial charge in [0.2, 0.25) is 0 Å². The summed E-state index contributed by atoms with van der Waals surface area (Å²) in [5.74, 6) is 1.32. The van der Waals surface area contributed by atoms with E-state index in [-0.39, 0.29) is 12.1 Å². The van der Waals surface area contributed by atoms with Crippen LogP contribution in [0.15, 0.2) is 11.6 Å². The van der Waals surface area contributed by atoms with Crippen LogP contribution >= 0.6 is 0 Å². The number of rotatable bonds is 3. The molecule has 0 amide bonds. The number of hydrogen-bond acceptors (Lipinski definition) is 2. The fraction of sp³-hybridized carbons (Fsp3) is 0.800. The van der Waals surface area contributed by atoms with E-state index in [2.05, 4.69) is 40.7 Å². The molecular weight excluding hydrogens is 212 g/mol. The number of ether oxygens (including phenoxy) is 1. The molecule has 2 bridgehead atoms. The number of esters is 1. The second kappa shape index (κ2) is 4.15. The highest BCUT2D eigenvalue weighted by Gasteiger charge is 2.60. The van der Waals surface area contributed by atoms with Crippen molar-refractivity contribution in [1.29, 1.82) is 0 Å². The number of allylic oxidation sites excluding steroid dienone is 1. The highest BCUT2D eigenvalue weighted by Crippen LogP contribution is 2.60. The molecule has 3 aliphatic carbocycles. The fourth-order valence-electron chi connectivity index (χ4n) is 3.60. The average molecular weight is 236 g/mol. The van der Waals surface area contributed by atoms with E-state index >= 15 is 0 Å². The molecule has 17 heavy (non-hydrogen) atoms. The Hall–Kier alpha value is -0.790. The molecule has 0 N–H and O–H groups in total. The summed E-state index contributed by atoms with van der Waals surface area (Å²) in [5.41, 5.74) is 1.71. The lowest BCUT2D eigenvalue weighted by molar-refractivity contribution is -0.192. The minimum absolute atomic E-state index is 0.0230. The van der Waals surface area contributed by atoms with E-state index in [1.54, 1.807) is 0 Å². The van der Waals surface area contributed by atoms with Crippen LogP contribution in [0.1, 0.15) is 47.5 Å². The first kappa shape index (κ1) is 12.7. The molecule has 0 saturated heterocycles. The first-order valence-electron chi connectivity index (χ1n) is 6.70. The predicted octanol–water partition coefficient (Wildman–Crippen LogP) is 3.57. The molecule has 0 aliphatic heterocycles. The topological polar surface area (TPSA) is 26.3 Å². The first-order chi connectivity index (χ1) is 7.84. The molecule has 0 aromatic rings. The second-order valence-corrected chi connectivity index (χ2v) is 6.64. The summed E-state index contributed by atoms with van der Waals surface area (Å²) < 4.78 is 5.69. The van der Waals surface area contributed by atoms with Crippen LogP contribution in [0.5, 0.6) is 0 Å². The normalized spacial score (nSPS) is 34.0. The van der Waals surface area contributed by atoms with Gasteiger partial charge in [-0.25, -0.2) is 0 Å². The summed E-state index contributed by atoms with van der Waals surface area (Å²) in [5, 5.41) is 0. The van der Waals surface area contributed by atoms with Crippen molar-refractivity contribution in [3.8, 4) is 0 Å². The Balaban J connectivity index is 2.02. The van der Waals surface area contributed by atoms with Crippen molar-refractivity contribution < 1.29 is 9.53 Å². The molecule has 3 rings (SSSR count). The lowest BCUT2D eigenvalue weighted by Crippen LogP contribution is -2.61. The number of carbonyl (C=O) groups excluding carboxylic acids is 1. The Labute approximate surface area is 104 Å². The minimum atomic E-state index is -0.0230. The van der Waals surface area contributed by atoms with E-state index in [4.69, 9.17) is 4.74 Å². The van der Waals surface area contributed by atoms with Crippen molar-refractivity contribution in [3.05, 3.63) is 11.6 Å². The summed E-state index contributed by atoms with van der Waals surface area (Å²) in [6, 6.07) is 0. The van der Waals surface area contributed by atoms with E-state index in [1.165, 1.54) is 5.57 Å². The van der Waals surface area contributed by atoms with Crippen LogP contribution in [-0.2, 0) is 9.53 Å². The summed E-state index contributed by atoms with van der Waals surface area (Å²) in [6.07, 6.45) is 4.06. The van der Waals surface area contributed by atoms with Crippen molar-refractivity contribution in [2.75, 3.05) is 0 Å². The largest absolute Gasteiger partial charge is 0.461 e. The molecule has 0 heterocycles. The summed E-state index contributed by atoms with van der Waals surface area (Å²) in [4.78, 5) is 11.8. The maximum absolute atomic E-state index is 11.8. The Morgan fingerprint density at radius 2 is 2.18 bits per heavy atom. The standard InChI is InChI=1S/C15H24O2/c1-9(2)8-12(16)17-14-11-7-6-10(3)13(14)15(11,4)5/h6,9,11,13-14H,7-8H2,1-5H3/t11-,13-,14?/m1/s1. The van der Waals surface area contributed by atoms with E-state index in [1.807, 2.05) is 0 Å². The van der Waals surface area contributed by atoms with Crippen LogP contribution in [0.3, 0.4) is 0 Å². The molecule has 1 unspecified atom stereocenters. The molecule has 3 atom stereocenters. The molecular formula is C15H24O2. The van der Waals surface area contributed by atoms with Crippen LogP contribution < -0.4 is 0 Å². The zero-order chi connectivity index (χ0) is 12.8. The van der Waals surface area contributed by atoms with E-state index < -0.39 is 0 Å². The second-order valence-electron chi connectivity index (χ2n) is 6.64. The highest BCUT2D eigenvalue weighted by atomic mass is 16.5. The Morgan fingerprint density at radius 3 is 2.65 bits per heavy atom. The van der Waals surface area contributed by atoms with Gasteiger partial charge in [0, 0.05) is 18.3 Å². The van der Waals surface area contributed by atoms with Crippen molar-refractivity contribution in [3.63, 3.8) is 0 Å².